The second-order valence-corrected chi connectivity index (χ2v) is 13.6. The fourth-order valence-corrected chi connectivity index (χ4v) is 7.32. The molecule has 0 atom stereocenters. The molecule has 8 heteroatoms. The standard InChI is InChI=1S/C31H32O6P2/c1-3-31(4-2)29-17-25(23-9-5-21(6-10-23)19-38(32,33)34)13-15-27(29)28-16-14-26(18-30(28)31)24-11-7-22(8-12-24)20-39(35,36)37/h5-18H,3-4,19-20H2,1-2H3,(H2,32,33,34)(H2,35,36,37). The zero-order valence-electron chi connectivity index (χ0n) is 21.9. The van der Waals surface area contributed by atoms with Crippen molar-refractivity contribution in [3.63, 3.8) is 0 Å². The molecule has 0 radical (unpaired) electrons. The Labute approximate surface area is 228 Å². The Morgan fingerprint density at radius 2 is 0.872 bits per heavy atom. The summed E-state index contributed by atoms with van der Waals surface area (Å²) in [5.41, 5.74) is 10.2. The molecule has 1 aliphatic rings. The van der Waals surface area contributed by atoms with E-state index in [0.29, 0.717) is 11.1 Å². The zero-order valence-corrected chi connectivity index (χ0v) is 23.7. The van der Waals surface area contributed by atoms with E-state index >= 15 is 0 Å². The molecule has 39 heavy (non-hydrogen) atoms. The Kier molecular flexibility index (Phi) is 7.32. The van der Waals surface area contributed by atoms with Gasteiger partial charge in [0.2, 0.25) is 0 Å². The molecule has 202 valence electrons. The SMILES string of the molecule is CCC1(CC)c2cc(-c3ccc(CP(=O)(O)O)cc3)ccc2-c2ccc(-c3ccc(CP(=O)(O)O)cc3)cc21. The van der Waals surface area contributed by atoms with Gasteiger partial charge in [-0.05, 0) is 80.6 Å². The summed E-state index contributed by atoms with van der Waals surface area (Å²) >= 11 is 0. The predicted octanol–water partition coefficient (Wildman–Crippen LogP) is 7.46. The van der Waals surface area contributed by atoms with Gasteiger partial charge in [-0.25, -0.2) is 0 Å². The van der Waals surface area contributed by atoms with Gasteiger partial charge in [-0.1, -0.05) is 86.6 Å². The molecule has 0 heterocycles. The van der Waals surface area contributed by atoms with Crippen molar-refractivity contribution < 1.29 is 28.7 Å². The van der Waals surface area contributed by atoms with E-state index in [2.05, 4.69) is 50.2 Å². The fraction of sp³-hybridized carbons (Fsp3) is 0.226. The summed E-state index contributed by atoms with van der Waals surface area (Å²) in [4.78, 5) is 37.2. The summed E-state index contributed by atoms with van der Waals surface area (Å²) in [6.45, 7) is 4.44. The lowest BCUT2D eigenvalue weighted by molar-refractivity contribution is 0.369. The molecule has 0 saturated carbocycles. The number of hydrogen-bond donors (Lipinski definition) is 4. The van der Waals surface area contributed by atoms with Crippen LogP contribution in [0.3, 0.4) is 0 Å². The molecule has 1 aliphatic carbocycles. The van der Waals surface area contributed by atoms with Crippen molar-refractivity contribution in [2.24, 2.45) is 0 Å². The Morgan fingerprint density at radius 3 is 1.18 bits per heavy atom. The van der Waals surface area contributed by atoms with Crippen LogP contribution < -0.4 is 0 Å². The summed E-state index contributed by atoms with van der Waals surface area (Å²) in [6, 6.07) is 27.9. The van der Waals surface area contributed by atoms with E-state index in [0.717, 1.165) is 35.1 Å². The van der Waals surface area contributed by atoms with Gasteiger partial charge in [-0.15, -0.1) is 0 Å². The van der Waals surface area contributed by atoms with Gasteiger partial charge in [-0.3, -0.25) is 9.13 Å². The average Bonchev–Trinajstić information content (AvgIpc) is 3.16. The maximum atomic E-state index is 11.4. The lowest BCUT2D eigenvalue weighted by Gasteiger charge is -2.30. The van der Waals surface area contributed by atoms with Crippen LogP contribution in [0.15, 0.2) is 84.9 Å². The van der Waals surface area contributed by atoms with Gasteiger partial charge in [0.05, 0.1) is 12.3 Å². The summed E-state index contributed by atoms with van der Waals surface area (Å²) in [6.07, 6.45) is 1.32. The third kappa shape index (κ3) is 5.60. The Morgan fingerprint density at radius 1 is 0.538 bits per heavy atom. The molecule has 0 unspecified atom stereocenters. The van der Waals surface area contributed by atoms with Crippen LogP contribution >= 0.6 is 15.2 Å². The summed E-state index contributed by atoms with van der Waals surface area (Å²) in [7, 11) is -8.23. The van der Waals surface area contributed by atoms with Crippen LogP contribution in [-0.4, -0.2) is 19.6 Å². The van der Waals surface area contributed by atoms with Crippen molar-refractivity contribution in [2.45, 2.75) is 44.4 Å². The van der Waals surface area contributed by atoms with Crippen LogP contribution in [0.2, 0.25) is 0 Å². The highest BCUT2D eigenvalue weighted by atomic mass is 31.2. The maximum Gasteiger partial charge on any atom is 0.329 e. The van der Waals surface area contributed by atoms with Crippen molar-refractivity contribution in [3.8, 4) is 33.4 Å². The van der Waals surface area contributed by atoms with Crippen LogP contribution in [0.4, 0.5) is 0 Å². The van der Waals surface area contributed by atoms with E-state index in [9.17, 15) is 28.7 Å². The van der Waals surface area contributed by atoms with Crippen molar-refractivity contribution in [3.05, 3.63) is 107 Å². The minimum absolute atomic E-state index is 0.155. The Bertz CT molecular complexity index is 1490. The van der Waals surface area contributed by atoms with Crippen LogP contribution in [0.5, 0.6) is 0 Å². The van der Waals surface area contributed by atoms with Crippen molar-refractivity contribution >= 4 is 15.2 Å². The molecule has 4 aromatic carbocycles. The molecule has 4 aromatic rings. The largest absolute Gasteiger partial charge is 0.329 e. The van der Waals surface area contributed by atoms with Gasteiger partial charge in [0.25, 0.3) is 0 Å². The molecule has 0 aliphatic heterocycles. The van der Waals surface area contributed by atoms with E-state index in [-0.39, 0.29) is 17.7 Å². The second-order valence-electron chi connectivity index (χ2n) is 10.3. The second kappa shape index (κ2) is 10.3. The molecule has 0 aromatic heterocycles. The van der Waals surface area contributed by atoms with Crippen molar-refractivity contribution in [2.75, 3.05) is 0 Å². The molecule has 0 bridgehead atoms. The van der Waals surface area contributed by atoms with Gasteiger partial charge in [-0.2, -0.15) is 0 Å². The van der Waals surface area contributed by atoms with E-state index in [1.807, 2.05) is 24.3 Å². The van der Waals surface area contributed by atoms with Gasteiger partial charge < -0.3 is 19.6 Å². The first-order valence-corrected chi connectivity index (χ1v) is 16.6. The average molecular weight is 563 g/mol. The lowest BCUT2D eigenvalue weighted by atomic mass is 9.73. The monoisotopic (exact) mass is 562 g/mol. The van der Waals surface area contributed by atoms with Crippen molar-refractivity contribution in [1.82, 2.24) is 0 Å². The smallest absolute Gasteiger partial charge is 0.324 e. The highest BCUT2D eigenvalue weighted by molar-refractivity contribution is 7.51. The maximum absolute atomic E-state index is 11.4. The Balaban J connectivity index is 1.52. The number of rotatable bonds is 8. The predicted molar refractivity (Wildman–Crippen MR) is 156 cm³/mol. The van der Waals surface area contributed by atoms with Gasteiger partial charge in [0.15, 0.2) is 0 Å². The molecule has 0 fully saturated rings. The first-order chi connectivity index (χ1) is 18.4. The third-order valence-corrected chi connectivity index (χ3v) is 9.47. The van der Waals surface area contributed by atoms with E-state index in [4.69, 9.17) is 0 Å². The summed E-state index contributed by atoms with van der Waals surface area (Å²) < 4.78 is 22.7. The van der Waals surface area contributed by atoms with Gasteiger partial charge in [0.1, 0.15) is 0 Å². The quantitative estimate of drug-likeness (QED) is 0.166. The highest BCUT2D eigenvalue weighted by Crippen LogP contribution is 2.54. The molecule has 5 rings (SSSR count). The van der Waals surface area contributed by atoms with E-state index in [1.54, 1.807) is 24.3 Å². The molecule has 6 nitrogen and oxygen atoms in total. The topological polar surface area (TPSA) is 115 Å². The van der Waals surface area contributed by atoms with Crippen LogP contribution in [0, 0.1) is 0 Å². The highest BCUT2D eigenvalue weighted by Gasteiger charge is 2.40. The first-order valence-electron chi connectivity index (χ1n) is 13.0. The summed E-state index contributed by atoms with van der Waals surface area (Å²) in [5, 5.41) is 0. The molecule has 4 N–H and O–H groups in total. The van der Waals surface area contributed by atoms with Crippen LogP contribution in [-0.2, 0) is 26.9 Å². The minimum Gasteiger partial charge on any atom is -0.324 e. The molecular weight excluding hydrogens is 530 g/mol. The number of fused-ring (bicyclic) bond motifs is 3. The molecular formula is C31H32O6P2. The lowest BCUT2D eigenvalue weighted by Crippen LogP contribution is -2.23. The normalized spacial score (nSPS) is 14.2. The molecule has 0 amide bonds. The van der Waals surface area contributed by atoms with Crippen molar-refractivity contribution in [1.29, 1.82) is 0 Å². The van der Waals surface area contributed by atoms with Crippen LogP contribution in [0.25, 0.3) is 33.4 Å². The molecule has 0 spiro atoms. The third-order valence-electron chi connectivity index (χ3n) is 7.92. The number of benzene rings is 4. The minimum atomic E-state index is -4.11. The van der Waals surface area contributed by atoms with E-state index in [1.165, 1.54) is 22.3 Å². The van der Waals surface area contributed by atoms with Gasteiger partial charge >= 0.3 is 15.2 Å². The first kappa shape index (κ1) is 27.7. The van der Waals surface area contributed by atoms with E-state index < -0.39 is 15.2 Å². The summed E-state index contributed by atoms with van der Waals surface area (Å²) in [5.74, 6) is 0. The zero-order chi connectivity index (χ0) is 28.0. The Hall–Kier alpha value is -2.82. The fourth-order valence-electron chi connectivity index (χ4n) is 5.95. The van der Waals surface area contributed by atoms with Crippen LogP contribution in [0.1, 0.15) is 48.9 Å². The van der Waals surface area contributed by atoms with Gasteiger partial charge in [0, 0.05) is 5.41 Å². The number of hydrogen-bond acceptors (Lipinski definition) is 2. The molecule has 0 saturated heterocycles.